The van der Waals surface area contributed by atoms with Gasteiger partial charge in [-0.2, -0.15) is 0 Å². The van der Waals surface area contributed by atoms with Gasteiger partial charge in [-0.25, -0.2) is 4.39 Å². The Balaban J connectivity index is 2.01. The van der Waals surface area contributed by atoms with Gasteiger partial charge in [0.15, 0.2) is 0 Å². The lowest BCUT2D eigenvalue weighted by atomic mass is 10.1. The van der Waals surface area contributed by atoms with E-state index in [9.17, 15) is 4.39 Å². The average Bonchev–Trinajstić information content (AvgIpc) is 2.34. The van der Waals surface area contributed by atoms with Crippen LogP contribution in [0, 0.1) is 5.82 Å². The normalized spacial score (nSPS) is 10.9. The molecule has 2 rings (SSSR count). The summed E-state index contributed by atoms with van der Waals surface area (Å²) in [5, 5.41) is 0.726. The number of nitrogens with zero attached hydrogens (tertiary/aromatic N) is 1. The molecule has 0 saturated carbocycles. The Morgan fingerprint density at radius 3 is 2.42 bits per heavy atom. The average molecular weight is 279 g/mol. The number of hydrogen-bond acceptors (Lipinski definition) is 2. The van der Waals surface area contributed by atoms with Crippen molar-refractivity contribution in [3.8, 4) is 0 Å². The third-order valence-electron chi connectivity index (χ3n) is 2.86. The Kier molecular flexibility index (Phi) is 4.40. The monoisotopic (exact) mass is 278 g/mol. The highest BCUT2D eigenvalue weighted by Gasteiger charge is 2.05. The van der Waals surface area contributed by atoms with Crippen molar-refractivity contribution in [1.82, 2.24) is 4.90 Å². The van der Waals surface area contributed by atoms with Crippen molar-refractivity contribution in [2.24, 2.45) is 0 Å². The maximum atomic E-state index is 13.3. The minimum Gasteiger partial charge on any atom is -0.396 e. The molecule has 0 saturated heterocycles. The Morgan fingerprint density at radius 1 is 1.11 bits per heavy atom. The first-order valence-corrected chi connectivity index (χ1v) is 6.39. The van der Waals surface area contributed by atoms with E-state index in [2.05, 4.69) is 4.90 Å². The van der Waals surface area contributed by atoms with E-state index in [1.165, 1.54) is 6.07 Å². The number of hydrogen-bond donors (Lipinski definition) is 1. The maximum Gasteiger partial charge on any atom is 0.146 e. The zero-order chi connectivity index (χ0) is 13.8. The van der Waals surface area contributed by atoms with Crippen LogP contribution in [0.15, 0.2) is 42.5 Å². The first kappa shape index (κ1) is 13.8. The number of nitrogen functional groups attached to an aromatic ring is 1. The fourth-order valence-electron chi connectivity index (χ4n) is 1.98. The molecule has 0 bridgehead atoms. The number of benzene rings is 2. The van der Waals surface area contributed by atoms with Crippen molar-refractivity contribution >= 4 is 17.3 Å². The lowest BCUT2D eigenvalue weighted by molar-refractivity contribution is 0.318. The SMILES string of the molecule is CN(Cc1cccc(Cl)c1)Cc1ccc(N)c(F)c1. The van der Waals surface area contributed by atoms with Crippen LogP contribution in [-0.2, 0) is 13.1 Å². The van der Waals surface area contributed by atoms with Crippen molar-refractivity contribution in [3.63, 3.8) is 0 Å². The van der Waals surface area contributed by atoms with Crippen molar-refractivity contribution in [1.29, 1.82) is 0 Å². The van der Waals surface area contributed by atoms with Crippen molar-refractivity contribution in [3.05, 3.63) is 64.4 Å². The largest absolute Gasteiger partial charge is 0.396 e. The summed E-state index contributed by atoms with van der Waals surface area (Å²) >= 11 is 5.94. The maximum absolute atomic E-state index is 13.3. The molecule has 0 radical (unpaired) electrons. The molecule has 4 heteroatoms. The van der Waals surface area contributed by atoms with Gasteiger partial charge in [0.2, 0.25) is 0 Å². The highest BCUT2D eigenvalue weighted by molar-refractivity contribution is 6.30. The van der Waals surface area contributed by atoms with Gasteiger partial charge in [-0.1, -0.05) is 29.8 Å². The van der Waals surface area contributed by atoms with E-state index in [4.69, 9.17) is 17.3 Å². The Bertz CT molecular complexity index is 572. The standard InChI is InChI=1S/C15H16ClFN2/c1-19(9-11-3-2-4-13(16)7-11)10-12-5-6-15(18)14(17)8-12/h2-8H,9-10,18H2,1H3. The smallest absolute Gasteiger partial charge is 0.146 e. The van der Waals surface area contributed by atoms with Gasteiger partial charge in [-0.15, -0.1) is 0 Å². The van der Waals surface area contributed by atoms with E-state index in [0.29, 0.717) is 6.54 Å². The van der Waals surface area contributed by atoms with Gasteiger partial charge in [0.25, 0.3) is 0 Å². The molecule has 0 atom stereocenters. The first-order valence-electron chi connectivity index (χ1n) is 6.01. The summed E-state index contributed by atoms with van der Waals surface area (Å²) in [5.41, 5.74) is 7.67. The molecular formula is C15H16ClFN2. The minimum atomic E-state index is -0.367. The highest BCUT2D eigenvalue weighted by Crippen LogP contribution is 2.16. The zero-order valence-corrected chi connectivity index (χ0v) is 11.5. The van der Waals surface area contributed by atoms with Gasteiger partial charge in [-0.3, -0.25) is 4.90 Å². The molecule has 0 heterocycles. The second kappa shape index (κ2) is 6.04. The molecule has 0 aliphatic heterocycles. The fraction of sp³-hybridized carbons (Fsp3) is 0.200. The summed E-state index contributed by atoms with van der Waals surface area (Å²) in [7, 11) is 1.98. The van der Waals surface area contributed by atoms with E-state index in [-0.39, 0.29) is 11.5 Å². The number of nitrogens with two attached hydrogens (primary N) is 1. The van der Waals surface area contributed by atoms with Gasteiger partial charge in [-0.05, 0) is 42.4 Å². The van der Waals surface area contributed by atoms with Crippen LogP contribution >= 0.6 is 11.6 Å². The molecule has 19 heavy (non-hydrogen) atoms. The van der Waals surface area contributed by atoms with Crippen LogP contribution in [0.2, 0.25) is 5.02 Å². The summed E-state index contributed by atoms with van der Waals surface area (Å²) in [5.74, 6) is -0.367. The van der Waals surface area contributed by atoms with Crippen LogP contribution in [0.4, 0.5) is 10.1 Å². The molecule has 0 aliphatic rings. The lowest BCUT2D eigenvalue weighted by Crippen LogP contribution is -2.17. The van der Waals surface area contributed by atoms with E-state index >= 15 is 0 Å². The molecular weight excluding hydrogens is 263 g/mol. The molecule has 0 spiro atoms. The third kappa shape index (κ3) is 3.94. The molecule has 2 aromatic rings. The highest BCUT2D eigenvalue weighted by atomic mass is 35.5. The summed E-state index contributed by atoms with van der Waals surface area (Å²) < 4.78 is 13.3. The molecule has 0 unspecified atom stereocenters. The van der Waals surface area contributed by atoms with Crippen LogP contribution in [-0.4, -0.2) is 11.9 Å². The molecule has 0 aliphatic carbocycles. The predicted octanol–water partition coefficient (Wildman–Crippen LogP) is 3.69. The molecule has 100 valence electrons. The molecule has 2 nitrogen and oxygen atoms in total. The molecule has 2 N–H and O–H groups in total. The van der Waals surface area contributed by atoms with Crippen molar-refractivity contribution in [2.45, 2.75) is 13.1 Å². The molecule has 2 aromatic carbocycles. The predicted molar refractivity (Wildman–Crippen MR) is 77.4 cm³/mol. The van der Waals surface area contributed by atoms with Crippen molar-refractivity contribution in [2.75, 3.05) is 12.8 Å². The van der Waals surface area contributed by atoms with Gasteiger partial charge < -0.3 is 5.73 Å². The summed E-state index contributed by atoms with van der Waals surface area (Å²) in [6, 6.07) is 12.6. The Labute approximate surface area is 117 Å². The van der Waals surface area contributed by atoms with Crippen LogP contribution in [0.1, 0.15) is 11.1 Å². The molecule has 0 fully saturated rings. The first-order chi connectivity index (χ1) is 9.04. The Morgan fingerprint density at radius 2 is 1.79 bits per heavy atom. The van der Waals surface area contributed by atoms with Crippen LogP contribution in [0.3, 0.4) is 0 Å². The quantitative estimate of drug-likeness (QED) is 0.864. The number of anilines is 1. The van der Waals surface area contributed by atoms with Crippen LogP contribution in [0.5, 0.6) is 0 Å². The number of rotatable bonds is 4. The fourth-order valence-corrected chi connectivity index (χ4v) is 2.20. The zero-order valence-electron chi connectivity index (χ0n) is 10.7. The van der Waals surface area contributed by atoms with E-state index < -0.39 is 0 Å². The van der Waals surface area contributed by atoms with Gasteiger partial charge in [0.05, 0.1) is 5.69 Å². The second-order valence-corrected chi connectivity index (χ2v) is 5.09. The van der Waals surface area contributed by atoms with Crippen molar-refractivity contribution < 1.29 is 4.39 Å². The summed E-state index contributed by atoms with van der Waals surface area (Å²) in [4.78, 5) is 2.09. The van der Waals surface area contributed by atoms with Crippen LogP contribution < -0.4 is 5.73 Å². The van der Waals surface area contributed by atoms with Crippen LogP contribution in [0.25, 0.3) is 0 Å². The van der Waals surface area contributed by atoms with Gasteiger partial charge >= 0.3 is 0 Å². The Hall–Kier alpha value is -1.58. The van der Waals surface area contributed by atoms with E-state index in [1.54, 1.807) is 6.07 Å². The van der Waals surface area contributed by atoms with E-state index in [1.807, 2.05) is 37.4 Å². The van der Waals surface area contributed by atoms with E-state index in [0.717, 1.165) is 22.7 Å². The minimum absolute atomic E-state index is 0.182. The third-order valence-corrected chi connectivity index (χ3v) is 3.09. The molecule has 0 aromatic heterocycles. The summed E-state index contributed by atoms with van der Waals surface area (Å²) in [6.45, 7) is 1.41. The molecule has 0 amide bonds. The topological polar surface area (TPSA) is 29.3 Å². The summed E-state index contributed by atoms with van der Waals surface area (Å²) in [6.07, 6.45) is 0. The second-order valence-electron chi connectivity index (χ2n) is 4.66. The van der Waals surface area contributed by atoms with Gasteiger partial charge in [0, 0.05) is 18.1 Å². The number of halogens is 2. The van der Waals surface area contributed by atoms with Gasteiger partial charge in [0.1, 0.15) is 5.82 Å². The lowest BCUT2D eigenvalue weighted by Gasteiger charge is -2.17.